The number of alkyl halides is 3. The van der Waals surface area contributed by atoms with E-state index in [4.69, 9.17) is 16.3 Å². The SMILES string of the molecule is Cc1cc(C(F)(F)F)cc(N(C=O)C(CN(C)C(=O)OC(C)(C)C)C(=O)N(c2ccc(F)c(Cl)c2F)C2CC2)n1. The van der Waals surface area contributed by atoms with Crippen molar-refractivity contribution in [2.45, 2.75) is 64.4 Å². The van der Waals surface area contributed by atoms with Crippen LogP contribution >= 0.6 is 11.6 Å². The van der Waals surface area contributed by atoms with Crippen LogP contribution in [0, 0.1) is 18.6 Å². The summed E-state index contributed by atoms with van der Waals surface area (Å²) in [5, 5.41) is -0.860. The van der Waals surface area contributed by atoms with E-state index in [1.807, 2.05) is 0 Å². The Morgan fingerprint density at radius 2 is 1.80 bits per heavy atom. The minimum Gasteiger partial charge on any atom is -0.444 e. The summed E-state index contributed by atoms with van der Waals surface area (Å²) < 4.78 is 75.0. The Morgan fingerprint density at radius 3 is 2.33 bits per heavy atom. The van der Waals surface area contributed by atoms with Gasteiger partial charge in [0.05, 0.1) is 17.8 Å². The van der Waals surface area contributed by atoms with Gasteiger partial charge >= 0.3 is 12.3 Å². The first-order valence-corrected chi connectivity index (χ1v) is 12.5. The molecule has 0 spiro atoms. The zero-order valence-electron chi connectivity index (χ0n) is 22.4. The van der Waals surface area contributed by atoms with Crippen LogP contribution in [0.3, 0.4) is 0 Å². The van der Waals surface area contributed by atoms with E-state index < -0.39 is 70.4 Å². The molecule has 0 N–H and O–H groups in total. The molecule has 40 heavy (non-hydrogen) atoms. The fourth-order valence-corrected chi connectivity index (χ4v) is 4.04. The molecule has 1 aromatic heterocycles. The number of nitrogens with zero attached hydrogens (tertiary/aromatic N) is 4. The molecular weight excluding hydrogens is 563 g/mol. The number of ether oxygens (including phenoxy) is 1. The monoisotopic (exact) mass is 590 g/mol. The average molecular weight is 591 g/mol. The third kappa shape index (κ3) is 7.18. The summed E-state index contributed by atoms with van der Waals surface area (Å²) in [6.07, 6.45) is -4.73. The Kier molecular flexibility index (Phi) is 8.97. The summed E-state index contributed by atoms with van der Waals surface area (Å²) in [7, 11) is 1.26. The van der Waals surface area contributed by atoms with Gasteiger partial charge in [0.25, 0.3) is 5.91 Å². The Labute approximate surface area is 232 Å². The Morgan fingerprint density at radius 1 is 1.18 bits per heavy atom. The number of hydrogen-bond donors (Lipinski definition) is 0. The molecule has 1 fully saturated rings. The van der Waals surface area contributed by atoms with Gasteiger partial charge in [-0.05, 0) is 64.8 Å². The molecule has 1 aromatic carbocycles. The van der Waals surface area contributed by atoms with Crippen LogP contribution in [0.1, 0.15) is 44.9 Å². The third-order valence-electron chi connectivity index (χ3n) is 5.84. The van der Waals surface area contributed by atoms with Crippen LogP contribution in [0.4, 0.5) is 38.3 Å². The van der Waals surface area contributed by atoms with E-state index in [1.165, 1.54) is 14.0 Å². The zero-order valence-corrected chi connectivity index (χ0v) is 23.1. The van der Waals surface area contributed by atoms with Crippen molar-refractivity contribution in [3.05, 3.63) is 52.2 Å². The van der Waals surface area contributed by atoms with Crippen LogP contribution in [0.15, 0.2) is 24.3 Å². The second-order valence-electron chi connectivity index (χ2n) is 10.4. The van der Waals surface area contributed by atoms with Crippen LogP contribution < -0.4 is 9.80 Å². The first kappa shape index (κ1) is 31.1. The van der Waals surface area contributed by atoms with Crippen LogP contribution in [0.25, 0.3) is 0 Å². The number of amides is 3. The molecule has 2 aromatic rings. The van der Waals surface area contributed by atoms with E-state index in [-0.39, 0.29) is 17.8 Å². The first-order chi connectivity index (χ1) is 18.4. The summed E-state index contributed by atoms with van der Waals surface area (Å²) in [4.78, 5) is 45.7. The van der Waals surface area contributed by atoms with Crippen LogP contribution in [-0.2, 0) is 20.5 Å². The number of aromatic nitrogens is 1. The molecule has 8 nitrogen and oxygen atoms in total. The average Bonchev–Trinajstić information content (AvgIpc) is 3.67. The van der Waals surface area contributed by atoms with Crippen molar-refractivity contribution in [1.29, 1.82) is 0 Å². The van der Waals surface area contributed by atoms with Crippen LogP contribution in [0.5, 0.6) is 0 Å². The maximum Gasteiger partial charge on any atom is 0.416 e. The van der Waals surface area contributed by atoms with Crippen molar-refractivity contribution >= 4 is 41.5 Å². The number of likely N-dealkylation sites (N-methyl/N-ethyl adjacent to an activating group) is 1. The van der Waals surface area contributed by atoms with Gasteiger partial charge in [-0.15, -0.1) is 0 Å². The molecule has 1 aliphatic rings. The van der Waals surface area contributed by atoms with Crippen molar-refractivity contribution in [2.75, 3.05) is 23.4 Å². The number of halogens is 6. The third-order valence-corrected chi connectivity index (χ3v) is 6.19. The number of rotatable bonds is 8. The Bertz CT molecular complexity index is 1300. The first-order valence-electron chi connectivity index (χ1n) is 12.1. The number of anilines is 2. The molecule has 3 rings (SSSR count). The van der Waals surface area contributed by atoms with Gasteiger partial charge in [-0.25, -0.2) is 18.6 Å². The minimum absolute atomic E-state index is 0.0984. The number of carbonyl (C=O) groups excluding carboxylic acids is 3. The van der Waals surface area contributed by atoms with Crippen molar-refractivity contribution in [3.63, 3.8) is 0 Å². The minimum atomic E-state index is -4.79. The van der Waals surface area contributed by atoms with Crippen molar-refractivity contribution in [2.24, 2.45) is 0 Å². The molecule has 1 atom stereocenters. The molecule has 0 bridgehead atoms. The summed E-state index contributed by atoms with van der Waals surface area (Å²) in [6.45, 7) is 5.51. The molecule has 0 aliphatic heterocycles. The lowest BCUT2D eigenvalue weighted by Crippen LogP contribution is -2.55. The Balaban J connectivity index is 2.13. The number of pyridine rings is 1. The molecule has 0 radical (unpaired) electrons. The lowest BCUT2D eigenvalue weighted by molar-refractivity contribution is -0.137. The summed E-state index contributed by atoms with van der Waals surface area (Å²) in [5.41, 5.74) is -2.53. The van der Waals surface area contributed by atoms with Gasteiger partial charge in [0.2, 0.25) is 6.41 Å². The summed E-state index contributed by atoms with van der Waals surface area (Å²) in [5.74, 6) is -3.77. The quantitative estimate of drug-likeness (QED) is 0.223. The van der Waals surface area contributed by atoms with Crippen molar-refractivity contribution < 1.29 is 41.1 Å². The van der Waals surface area contributed by atoms with Gasteiger partial charge < -0.3 is 14.5 Å². The molecule has 218 valence electrons. The van der Waals surface area contributed by atoms with E-state index >= 15 is 4.39 Å². The van der Waals surface area contributed by atoms with Gasteiger partial charge in [0.15, 0.2) is 5.82 Å². The highest BCUT2D eigenvalue weighted by Gasteiger charge is 2.43. The van der Waals surface area contributed by atoms with E-state index in [0.29, 0.717) is 23.8 Å². The fraction of sp³-hybridized carbons (Fsp3) is 0.462. The lowest BCUT2D eigenvalue weighted by Gasteiger charge is -2.35. The molecule has 14 heteroatoms. The highest BCUT2D eigenvalue weighted by molar-refractivity contribution is 6.31. The number of hydrogen-bond acceptors (Lipinski definition) is 5. The molecule has 0 saturated heterocycles. The summed E-state index contributed by atoms with van der Waals surface area (Å²) >= 11 is 5.75. The largest absolute Gasteiger partial charge is 0.444 e. The van der Waals surface area contributed by atoms with Crippen molar-refractivity contribution in [1.82, 2.24) is 9.88 Å². The highest BCUT2D eigenvalue weighted by Crippen LogP contribution is 2.38. The maximum absolute atomic E-state index is 15.1. The summed E-state index contributed by atoms with van der Waals surface area (Å²) in [6, 6.07) is 0.964. The van der Waals surface area contributed by atoms with Crippen molar-refractivity contribution in [3.8, 4) is 0 Å². The van der Waals surface area contributed by atoms with Gasteiger partial charge in [0.1, 0.15) is 28.3 Å². The fourth-order valence-electron chi connectivity index (χ4n) is 3.88. The molecule has 1 heterocycles. The second-order valence-corrected chi connectivity index (χ2v) is 10.8. The number of carbonyl (C=O) groups is 3. The molecule has 1 unspecified atom stereocenters. The van der Waals surface area contributed by atoms with Gasteiger partial charge in [-0.1, -0.05) is 11.6 Å². The predicted octanol–water partition coefficient (Wildman–Crippen LogP) is 5.73. The van der Waals surface area contributed by atoms with Crippen LogP contribution in [-0.4, -0.2) is 59.6 Å². The Hall–Kier alpha value is -3.48. The topological polar surface area (TPSA) is 83.1 Å². The lowest BCUT2D eigenvalue weighted by atomic mass is 10.1. The van der Waals surface area contributed by atoms with E-state index in [9.17, 15) is 31.9 Å². The zero-order chi connectivity index (χ0) is 30.2. The molecule has 3 amide bonds. The molecule has 1 saturated carbocycles. The normalized spacial score (nSPS) is 14.4. The van der Waals surface area contributed by atoms with E-state index in [0.717, 1.165) is 28.0 Å². The van der Waals surface area contributed by atoms with E-state index in [1.54, 1.807) is 20.8 Å². The smallest absolute Gasteiger partial charge is 0.416 e. The predicted molar refractivity (Wildman–Crippen MR) is 137 cm³/mol. The van der Waals surface area contributed by atoms with E-state index in [2.05, 4.69) is 4.98 Å². The highest BCUT2D eigenvalue weighted by atomic mass is 35.5. The molecule has 1 aliphatic carbocycles. The van der Waals surface area contributed by atoms with Crippen LogP contribution in [0.2, 0.25) is 5.02 Å². The van der Waals surface area contributed by atoms with Gasteiger partial charge in [-0.2, -0.15) is 13.2 Å². The number of benzene rings is 1. The second kappa shape index (κ2) is 11.6. The molecular formula is C26H28ClF5N4O4. The maximum atomic E-state index is 15.1. The number of aryl methyl sites for hydroxylation is 1. The van der Waals surface area contributed by atoms with Gasteiger partial charge in [-0.3, -0.25) is 14.5 Å². The standard InChI is InChI=1S/C26H28ClF5N4O4/c1-14-10-15(26(30,31)32)11-20(33-14)35(13-37)19(12-34(5)24(39)40-25(2,3)4)23(38)36(16-6-7-16)18-9-8-17(28)21(27)22(18)29/h8-11,13,16,19H,6-7,12H2,1-5H3. The van der Waals surface area contributed by atoms with Gasteiger partial charge in [0, 0.05) is 18.8 Å².